The molecular formula is C21H24ClF2N3O4S. The summed E-state index contributed by atoms with van der Waals surface area (Å²) in [5.41, 5.74) is 0.606. The number of para-hydroxylation sites is 1. The number of rotatable bonds is 8. The number of piperazine rings is 1. The van der Waals surface area contributed by atoms with E-state index in [1.54, 1.807) is 24.3 Å². The first-order valence-electron chi connectivity index (χ1n) is 10.3. The number of ether oxygens (including phenoxy) is 2. The van der Waals surface area contributed by atoms with Gasteiger partial charge < -0.3 is 14.4 Å². The molecule has 0 atom stereocenters. The van der Waals surface area contributed by atoms with Crippen LogP contribution < -0.4 is 19.1 Å². The van der Waals surface area contributed by atoms with Crippen LogP contribution in [0.4, 0.5) is 14.5 Å². The second-order valence-corrected chi connectivity index (χ2v) is 9.87. The van der Waals surface area contributed by atoms with Crippen LogP contribution in [0, 0.1) is 0 Å². The van der Waals surface area contributed by atoms with E-state index < -0.39 is 16.3 Å². The number of halogens is 3. The lowest BCUT2D eigenvalue weighted by atomic mass is 10.2. The molecule has 0 bridgehead atoms. The van der Waals surface area contributed by atoms with Gasteiger partial charge in [-0.25, -0.2) is 13.1 Å². The largest absolute Gasteiger partial charge is 0.586 e. The number of nitrogens with zero attached hydrogens (tertiary/aromatic N) is 2. The fourth-order valence-electron chi connectivity index (χ4n) is 3.80. The first-order chi connectivity index (χ1) is 15.2. The monoisotopic (exact) mass is 487 g/mol. The fraction of sp³-hybridized carbons (Fsp3) is 0.429. The van der Waals surface area contributed by atoms with Crippen molar-refractivity contribution in [3.05, 3.63) is 47.5 Å². The minimum absolute atomic E-state index is 0.0511. The van der Waals surface area contributed by atoms with Crippen LogP contribution in [0.3, 0.4) is 0 Å². The van der Waals surface area contributed by atoms with Gasteiger partial charge in [0, 0.05) is 37.7 Å². The van der Waals surface area contributed by atoms with Gasteiger partial charge in [-0.05, 0) is 49.7 Å². The van der Waals surface area contributed by atoms with E-state index in [9.17, 15) is 17.2 Å². The topological polar surface area (TPSA) is 71.1 Å². The second-order valence-electron chi connectivity index (χ2n) is 7.66. The molecule has 1 N–H and O–H groups in total. The lowest BCUT2D eigenvalue weighted by Gasteiger charge is -2.36. The molecule has 2 aromatic rings. The molecule has 2 aromatic carbocycles. The zero-order valence-electron chi connectivity index (χ0n) is 17.3. The Balaban J connectivity index is 1.20. The van der Waals surface area contributed by atoms with Crippen molar-refractivity contribution >= 4 is 27.3 Å². The summed E-state index contributed by atoms with van der Waals surface area (Å²) in [6, 6.07) is 11.1. The van der Waals surface area contributed by atoms with Gasteiger partial charge in [-0.15, -0.1) is 8.78 Å². The fourth-order valence-corrected chi connectivity index (χ4v) is 5.18. The van der Waals surface area contributed by atoms with Gasteiger partial charge in [0.05, 0.1) is 10.6 Å². The van der Waals surface area contributed by atoms with Gasteiger partial charge in [-0.2, -0.15) is 0 Å². The Morgan fingerprint density at radius 1 is 1.03 bits per heavy atom. The predicted octanol–water partition coefficient (Wildman–Crippen LogP) is 3.54. The molecule has 4 rings (SSSR count). The maximum atomic E-state index is 13.4. The van der Waals surface area contributed by atoms with E-state index in [0.717, 1.165) is 26.1 Å². The molecule has 1 saturated heterocycles. The summed E-state index contributed by atoms with van der Waals surface area (Å²) >= 11 is 5.86. The quantitative estimate of drug-likeness (QED) is 0.574. The molecule has 0 radical (unpaired) electrons. The van der Waals surface area contributed by atoms with Gasteiger partial charge >= 0.3 is 6.29 Å². The molecule has 7 nitrogen and oxygen atoms in total. The molecule has 32 heavy (non-hydrogen) atoms. The number of fused-ring (bicyclic) bond motifs is 1. The number of nitrogens with one attached hydrogen (secondary N) is 1. The summed E-state index contributed by atoms with van der Waals surface area (Å²) in [5, 5.41) is 0.375. The van der Waals surface area contributed by atoms with Crippen LogP contribution >= 0.6 is 11.6 Å². The van der Waals surface area contributed by atoms with Crippen LogP contribution in [-0.2, 0) is 10.0 Å². The number of hydrogen-bond acceptors (Lipinski definition) is 6. The van der Waals surface area contributed by atoms with Crippen molar-refractivity contribution in [2.24, 2.45) is 0 Å². The van der Waals surface area contributed by atoms with E-state index in [1.807, 2.05) is 4.90 Å². The predicted molar refractivity (Wildman–Crippen MR) is 117 cm³/mol. The summed E-state index contributed by atoms with van der Waals surface area (Å²) in [6.07, 6.45) is -2.09. The highest BCUT2D eigenvalue weighted by molar-refractivity contribution is 7.89. The lowest BCUT2D eigenvalue weighted by Crippen LogP contribution is -2.46. The van der Waals surface area contributed by atoms with E-state index in [4.69, 9.17) is 11.6 Å². The summed E-state index contributed by atoms with van der Waals surface area (Å²) in [7, 11) is -3.57. The van der Waals surface area contributed by atoms with Crippen molar-refractivity contribution in [2.45, 2.75) is 24.0 Å². The maximum Gasteiger partial charge on any atom is 0.586 e. The average molecular weight is 488 g/mol. The zero-order chi connectivity index (χ0) is 22.8. The van der Waals surface area contributed by atoms with Crippen molar-refractivity contribution in [3.63, 3.8) is 0 Å². The first kappa shape index (κ1) is 23.0. The smallest absolute Gasteiger partial charge is 0.395 e. The summed E-state index contributed by atoms with van der Waals surface area (Å²) < 4.78 is 63.2. The molecule has 174 valence electrons. The summed E-state index contributed by atoms with van der Waals surface area (Å²) in [5.74, 6) is 0.132. The number of hydrogen-bond donors (Lipinski definition) is 1. The molecule has 11 heteroatoms. The van der Waals surface area contributed by atoms with E-state index in [1.165, 1.54) is 18.2 Å². The number of sulfonamides is 1. The number of benzene rings is 2. The van der Waals surface area contributed by atoms with Gasteiger partial charge in [0.25, 0.3) is 0 Å². The molecule has 0 spiro atoms. The van der Waals surface area contributed by atoms with Crippen molar-refractivity contribution in [1.29, 1.82) is 0 Å². The second kappa shape index (κ2) is 9.38. The minimum atomic E-state index is -3.63. The van der Waals surface area contributed by atoms with E-state index in [2.05, 4.69) is 19.1 Å². The Labute approximate surface area is 190 Å². The van der Waals surface area contributed by atoms with Gasteiger partial charge in [0.15, 0.2) is 11.5 Å². The first-order valence-corrected chi connectivity index (χ1v) is 12.2. The number of unbranched alkanes of at least 4 members (excludes halogenated alkanes) is 1. The Hall–Kier alpha value is -2.14. The Morgan fingerprint density at radius 2 is 1.78 bits per heavy atom. The number of anilines is 1. The van der Waals surface area contributed by atoms with Crippen LogP contribution in [0.1, 0.15) is 12.8 Å². The van der Waals surface area contributed by atoms with Gasteiger partial charge in [-0.3, -0.25) is 4.90 Å². The van der Waals surface area contributed by atoms with Crippen LogP contribution in [0.5, 0.6) is 11.5 Å². The van der Waals surface area contributed by atoms with E-state index in [0.29, 0.717) is 36.8 Å². The highest BCUT2D eigenvalue weighted by Crippen LogP contribution is 2.47. The molecule has 1 fully saturated rings. The average Bonchev–Trinajstić information content (AvgIpc) is 3.08. The zero-order valence-corrected chi connectivity index (χ0v) is 18.8. The van der Waals surface area contributed by atoms with Crippen molar-refractivity contribution in [3.8, 4) is 11.5 Å². The van der Waals surface area contributed by atoms with Crippen LogP contribution in [0.25, 0.3) is 0 Å². The van der Waals surface area contributed by atoms with Crippen LogP contribution in [0.2, 0.25) is 5.02 Å². The molecule has 2 aliphatic rings. The maximum absolute atomic E-state index is 13.4. The molecule has 2 heterocycles. The van der Waals surface area contributed by atoms with Gasteiger partial charge in [0.2, 0.25) is 10.0 Å². The molecule has 0 aromatic heterocycles. The Bertz CT molecular complexity index is 1060. The molecule has 2 aliphatic heterocycles. The standard InChI is InChI=1S/C21H24ClF2N3O4S/c22-16-5-3-6-17(15-16)32(28,29)25-9-1-2-10-26-11-13-27(14-12-26)18-7-4-8-19-20(18)31-21(23,24)30-19/h3-8,15,25H,1-2,9-14H2. The number of alkyl halides is 2. The molecule has 0 saturated carbocycles. The third kappa shape index (κ3) is 5.43. The van der Waals surface area contributed by atoms with Crippen molar-refractivity contribution in [2.75, 3.05) is 44.2 Å². The normalized spacial score (nSPS) is 18.2. The molecule has 0 aliphatic carbocycles. The Morgan fingerprint density at radius 3 is 2.53 bits per heavy atom. The Kier molecular flexibility index (Phi) is 6.75. The van der Waals surface area contributed by atoms with Crippen LogP contribution in [0.15, 0.2) is 47.4 Å². The lowest BCUT2D eigenvalue weighted by molar-refractivity contribution is -0.286. The van der Waals surface area contributed by atoms with Gasteiger partial charge in [0.1, 0.15) is 0 Å². The van der Waals surface area contributed by atoms with Crippen LogP contribution in [-0.4, -0.2) is 58.9 Å². The van der Waals surface area contributed by atoms with Crippen molar-refractivity contribution in [1.82, 2.24) is 9.62 Å². The summed E-state index contributed by atoms with van der Waals surface area (Å²) in [6.45, 7) is 4.07. The highest BCUT2D eigenvalue weighted by Gasteiger charge is 2.45. The SMILES string of the molecule is O=S(=O)(NCCCCN1CCN(c2cccc3c2OC(F)(F)O3)CC1)c1cccc(Cl)c1. The molecule has 0 unspecified atom stereocenters. The third-order valence-electron chi connectivity index (χ3n) is 5.42. The molecule has 0 amide bonds. The summed E-state index contributed by atoms with van der Waals surface area (Å²) in [4.78, 5) is 4.44. The minimum Gasteiger partial charge on any atom is -0.395 e. The third-order valence-corrected chi connectivity index (χ3v) is 7.11. The highest BCUT2D eigenvalue weighted by atomic mass is 35.5. The van der Waals surface area contributed by atoms with E-state index in [-0.39, 0.29) is 16.4 Å². The molecular weight excluding hydrogens is 464 g/mol. The van der Waals surface area contributed by atoms with Crippen molar-refractivity contribution < 1.29 is 26.7 Å². The van der Waals surface area contributed by atoms with E-state index >= 15 is 0 Å². The van der Waals surface area contributed by atoms with Gasteiger partial charge in [-0.1, -0.05) is 23.7 Å².